The molecule has 0 saturated carbocycles. The number of aliphatic hydroxyl groups is 1. The lowest BCUT2D eigenvalue weighted by molar-refractivity contribution is 0.0976. The average molecular weight is 356 g/mol. The van der Waals surface area contributed by atoms with Crippen molar-refractivity contribution in [1.29, 1.82) is 0 Å². The van der Waals surface area contributed by atoms with Gasteiger partial charge in [-0.15, -0.1) is 0 Å². The fourth-order valence-electron chi connectivity index (χ4n) is 1.98. The summed E-state index contributed by atoms with van der Waals surface area (Å²) in [5, 5.41) is 10.3. The third kappa shape index (κ3) is 6.31. The van der Waals surface area contributed by atoms with Crippen molar-refractivity contribution in [2.75, 3.05) is 20.8 Å². The highest BCUT2D eigenvalue weighted by Crippen LogP contribution is 2.28. The highest BCUT2D eigenvalue weighted by Gasteiger charge is 2.07. The van der Waals surface area contributed by atoms with E-state index in [0.29, 0.717) is 0 Å². The number of benzene rings is 2. The van der Waals surface area contributed by atoms with Gasteiger partial charge in [-0.3, -0.25) is 0 Å². The molecule has 0 amide bonds. The molecule has 0 spiro atoms. The summed E-state index contributed by atoms with van der Waals surface area (Å²) in [5.74, 6) is -0.508. The van der Waals surface area contributed by atoms with Crippen molar-refractivity contribution in [2.45, 2.75) is 38.6 Å². The largest absolute Gasteiger partial charge is 0.493 e. The molecule has 0 aliphatic rings. The van der Waals surface area contributed by atoms with Crippen LogP contribution in [0.1, 0.15) is 45.4 Å². The minimum atomic E-state index is -2.76. The summed E-state index contributed by atoms with van der Waals surface area (Å²) in [7, 11) is -1.52. The van der Waals surface area contributed by atoms with Gasteiger partial charge in [0.25, 0.3) is 0 Å². The van der Waals surface area contributed by atoms with E-state index in [-0.39, 0.29) is 46.9 Å². The molecule has 2 aromatic rings. The smallest absolute Gasteiger partial charge is 0.160 e. The Labute approximate surface area is 165 Å². The topological polar surface area (TPSA) is 47.9 Å². The van der Waals surface area contributed by atoms with E-state index >= 15 is 0 Å². The Balaban J connectivity index is 2.12. The zero-order valence-corrected chi connectivity index (χ0v) is 14.1. The number of rotatable bonds is 10. The van der Waals surface area contributed by atoms with Crippen LogP contribution in [0.4, 0.5) is 0 Å². The van der Waals surface area contributed by atoms with Gasteiger partial charge in [0, 0.05) is 5.48 Å². The Kier molecular flexibility index (Phi) is 3.56. The third-order valence-corrected chi connectivity index (χ3v) is 3.26. The van der Waals surface area contributed by atoms with Crippen LogP contribution in [0.15, 0.2) is 42.4 Å². The second kappa shape index (κ2) is 9.94. The van der Waals surface area contributed by atoms with E-state index in [0.717, 1.165) is 6.07 Å². The molecule has 136 valence electrons. The highest BCUT2D eigenvalue weighted by molar-refractivity contribution is 5.42. The van der Waals surface area contributed by atoms with Crippen LogP contribution >= 0.6 is 0 Å². The summed E-state index contributed by atoms with van der Waals surface area (Å²) in [6.07, 6.45) is -6.98. The van der Waals surface area contributed by atoms with Crippen LogP contribution in [0.25, 0.3) is 0 Å². The molecule has 0 saturated heterocycles. The fraction of sp³-hybridized carbons (Fsp3) is 0.429. The van der Waals surface area contributed by atoms with Crippen molar-refractivity contribution in [3.05, 3.63) is 53.5 Å². The molecular formula is C21H28O4. The lowest BCUT2D eigenvalue weighted by Crippen LogP contribution is -2.17. The monoisotopic (exact) mass is 355 g/mol. The Morgan fingerprint density at radius 2 is 2.16 bits per heavy atom. The second-order valence-corrected chi connectivity index (χ2v) is 5.23. The molecule has 2 aromatic carbocycles. The molecule has 0 heterocycles. The summed E-state index contributed by atoms with van der Waals surface area (Å²) in [6.45, 7) is 1.01. The van der Waals surface area contributed by atoms with Crippen LogP contribution in [-0.4, -0.2) is 32.0 Å². The zero-order chi connectivity index (χ0) is 27.6. The molecular weight excluding hydrogens is 316 g/mol. The number of aryl methyl sites for hydroxylation is 1. The van der Waals surface area contributed by atoms with Crippen molar-refractivity contribution < 1.29 is 34.4 Å². The van der Waals surface area contributed by atoms with Gasteiger partial charge in [0.05, 0.1) is 29.8 Å². The van der Waals surface area contributed by atoms with E-state index in [1.807, 2.05) is 0 Å². The van der Waals surface area contributed by atoms with Gasteiger partial charge in [-0.25, -0.2) is 0 Å². The molecule has 0 bridgehead atoms. The molecule has 1 atom stereocenters. The predicted molar refractivity (Wildman–Crippen MR) is 99.8 cm³/mol. The molecule has 0 aromatic heterocycles. The first-order valence-electron chi connectivity index (χ1n) is 13.2. The average Bonchev–Trinajstić information content (AvgIpc) is 2.79. The first-order chi connectivity index (χ1) is 16.4. The van der Waals surface area contributed by atoms with Gasteiger partial charge < -0.3 is 19.3 Å². The van der Waals surface area contributed by atoms with Crippen molar-refractivity contribution in [1.82, 2.24) is 0 Å². The lowest BCUT2D eigenvalue weighted by atomic mass is 10.0. The number of hydrogen-bond acceptors (Lipinski definition) is 4. The molecule has 4 heteroatoms. The maximum Gasteiger partial charge on any atom is 0.160 e. The quantitative estimate of drug-likeness (QED) is 0.695. The summed E-state index contributed by atoms with van der Waals surface area (Å²) < 4.78 is 102. The Bertz CT molecular complexity index is 1060. The van der Waals surface area contributed by atoms with Crippen molar-refractivity contribution >= 4 is 0 Å². The molecule has 25 heavy (non-hydrogen) atoms. The predicted octanol–water partition coefficient (Wildman–Crippen LogP) is 4.16. The van der Waals surface area contributed by atoms with E-state index in [4.69, 9.17) is 29.3 Å². The van der Waals surface area contributed by atoms with Crippen LogP contribution < -0.4 is 14.2 Å². The number of ether oxygens (including phenoxy) is 3. The third-order valence-electron chi connectivity index (χ3n) is 3.26. The molecule has 0 aliphatic heterocycles. The summed E-state index contributed by atoms with van der Waals surface area (Å²) in [4.78, 5) is 0. The van der Waals surface area contributed by atoms with E-state index in [2.05, 4.69) is 0 Å². The number of aliphatic hydroxyl groups excluding tert-OH is 1. The Morgan fingerprint density at radius 3 is 2.96 bits per heavy atom. The van der Waals surface area contributed by atoms with Crippen molar-refractivity contribution in [3.63, 3.8) is 0 Å². The normalized spacial score (nSPS) is 19.9. The standard InChI is InChI=1S/C21H28O4/c1-16-7-6-10-19(13-16)25-15-18(22)9-5-4-8-17-11-12-20(23-2)21(14-17)24-3/h6-7,10-14,18,22H,4-5,8-9,15H2,1-3H3/i2D3,4D2,6D,7D,8D2,10D,13D. The molecule has 0 radical (unpaired) electrons. The van der Waals surface area contributed by atoms with Crippen LogP contribution in [-0.2, 0) is 6.37 Å². The van der Waals surface area contributed by atoms with Gasteiger partial charge in [0.1, 0.15) is 12.4 Å². The maximum absolute atomic E-state index is 10.3. The zero-order valence-electron chi connectivity index (χ0n) is 25.1. The Morgan fingerprint density at radius 1 is 1.28 bits per heavy atom. The van der Waals surface area contributed by atoms with Crippen LogP contribution in [0.5, 0.6) is 17.2 Å². The first-order valence-corrected chi connectivity index (χ1v) is 7.68. The van der Waals surface area contributed by atoms with E-state index in [9.17, 15) is 5.11 Å². The molecule has 1 unspecified atom stereocenters. The SMILES string of the molecule is [2H]c1c([2H])c(C)c([2H])c(OCC(O)CCC([2H])([2H])C([2H])([2H])c2ccc(OC([2H])([2H])[2H])c(OC)c2)c1[2H]. The maximum atomic E-state index is 10.3. The van der Waals surface area contributed by atoms with Crippen molar-refractivity contribution in [3.8, 4) is 17.2 Å². The van der Waals surface area contributed by atoms with Crippen LogP contribution in [0.2, 0.25) is 0 Å². The first kappa shape index (κ1) is 8.95. The highest BCUT2D eigenvalue weighted by atomic mass is 16.5. The molecule has 0 aliphatic carbocycles. The van der Waals surface area contributed by atoms with Crippen LogP contribution in [0, 0.1) is 6.92 Å². The molecule has 0 fully saturated rings. The van der Waals surface area contributed by atoms with Crippen molar-refractivity contribution in [2.24, 2.45) is 0 Å². The van der Waals surface area contributed by atoms with Gasteiger partial charge in [0.2, 0.25) is 0 Å². The van der Waals surface area contributed by atoms with Crippen LogP contribution in [0.3, 0.4) is 0 Å². The summed E-state index contributed by atoms with van der Waals surface area (Å²) in [5.41, 5.74) is 0.0235. The van der Waals surface area contributed by atoms with E-state index in [1.54, 1.807) is 0 Å². The van der Waals surface area contributed by atoms with E-state index in [1.165, 1.54) is 26.2 Å². The minimum absolute atomic E-state index is 0.0862. The lowest BCUT2D eigenvalue weighted by Gasteiger charge is -2.13. The Hall–Kier alpha value is -2.20. The summed E-state index contributed by atoms with van der Waals surface area (Å²) >= 11 is 0. The van der Waals surface area contributed by atoms with Gasteiger partial charge in [-0.05, 0) is 61.4 Å². The molecule has 2 rings (SSSR count). The molecule has 4 nitrogen and oxygen atoms in total. The second-order valence-electron chi connectivity index (χ2n) is 5.23. The number of hydrogen-bond donors (Lipinski definition) is 1. The van der Waals surface area contributed by atoms with Gasteiger partial charge in [0.15, 0.2) is 11.5 Å². The molecule has 1 N–H and O–H groups in total. The summed E-state index contributed by atoms with van der Waals surface area (Å²) in [6, 6.07) is 2.14. The fourth-order valence-corrected chi connectivity index (χ4v) is 1.98. The van der Waals surface area contributed by atoms with Gasteiger partial charge in [-0.1, -0.05) is 24.6 Å². The minimum Gasteiger partial charge on any atom is -0.493 e. The van der Waals surface area contributed by atoms with E-state index < -0.39 is 51.0 Å². The number of methoxy groups -OCH3 is 2. The van der Waals surface area contributed by atoms with Gasteiger partial charge in [-0.2, -0.15) is 0 Å². The van der Waals surface area contributed by atoms with Gasteiger partial charge >= 0.3 is 0 Å².